The minimum absolute atomic E-state index is 0.105. The van der Waals surface area contributed by atoms with E-state index in [1.54, 1.807) is 26.2 Å². The Bertz CT molecular complexity index is 388. The van der Waals surface area contributed by atoms with Gasteiger partial charge in [0.1, 0.15) is 23.2 Å². The predicted molar refractivity (Wildman–Crippen MR) is 61.9 cm³/mol. The van der Waals surface area contributed by atoms with E-state index in [9.17, 15) is 4.79 Å². The predicted octanol–water partition coefficient (Wildman–Crippen LogP) is 1.81. The lowest BCUT2D eigenvalue weighted by Gasteiger charge is -2.16. The summed E-state index contributed by atoms with van der Waals surface area (Å²) in [5.41, 5.74) is 0.105. The molecule has 0 aromatic heterocycles. The molecule has 0 heterocycles. The van der Waals surface area contributed by atoms with Crippen molar-refractivity contribution in [2.75, 3.05) is 20.8 Å². The molecule has 0 saturated heterocycles. The van der Waals surface area contributed by atoms with Crippen molar-refractivity contribution in [1.82, 2.24) is 0 Å². The molecule has 0 spiro atoms. The molecule has 0 amide bonds. The Morgan fingerprint density at radius 1 is 1.41 bits per heavy atom. The van der Waals surface area contributed by atoms with Gasteiger partial charge in [0.25, 0.3) is 0 Å². The minimum atomic E-state index is -1.03. The Labute approximate surface area is 99.9 Å². The third-order valence-corrected chi connectivity index (χ3v) is 2.15. The van der Waals surface area contributed by atoms with Crippen LogP contribution < -0.4 is 9.47 Å². The number of rotatable bonds is 6. The number of benzene rings is 1. The topological polar surface area (TPSA) is 65.0 Å². The van der Waals surface area contributed by atoms with Crippen LogP contribution in [0.25, 0.3) is 0 Å². The number of carboxylic acid groups (broad SMARTS) is 1. The average Bonchev–Trinajstić information content (AvgIpc) is 2.28. The van der Waals surface area contributed by atoms with Crippen molar-refractivity contribution in [3.63, 3.8) is 0 Å². The first kappa shape index (κ1) is 13.3. The summed E-state index contributed by atoms with van der Waals surface area (Å²) in [5, 5.41) is 9.02. The number of carbonyl (C=O) groups is 1. The molecule has 0 saturated carbocycles. The molecule has 1 unspecified atom stereocenters. The van der Waals surface area contributed by atoms with E-state index in [1.165, 1.54) is 13.2 Å². The van der Waals surface area contributed by atoms with Gasteiger partial charge < -0.3 is 19.3 Å². The Kier molecular flexibility index (Phi) is 4.78. The molecule has 17 heavy (non-hydrogen) atoms. The van der Waals surface area contributed by atoms with Gasteiger partial charge >= 0.3 is 5.97 Å². The summed E-state index contributed by atoms with van der Waals surface area (Å²) >= 11 is 0. The summed E-state index contributed by atoms with van der Waals surface area (Å²) in [7, 11) is 3.07. The first-order valence-corrected chi connectivity index (χ1v) is 5.15. The van der Waals surface area contributed by atoms with Crippen LogP contribution in [0, 0.1) is 0 Å². The van der Waals surface area contributed by atoms with E-state index in [2.05, 4.69) is 0 Å². The highest BCUT2D eigenvalue weighted by Crippen LogP contribution is 2.25. The van der Waals surface area contributed by atoms with E-state index < -0.39 is 5.97 Å². The van der Waals surface area contributed by atoms with Crippen molar-refractivity contribution in [3.8, 4) is 11.5 Å². The molecule has 1 atom stereocenters. The van der Waals surface area contributed by atoms with E-state index in [0.717, 1.165) is 0 Å². The highest BCUT2D eigenvalue weighted by Gasteiger charge is 2.14. The molecular formula is C12H16O5. The van der Waals surface area contributed by atoms with Crippen molar-refractivity contribution < 1.29 is 24.1 Å². The van der Waals surface area contributed by atoms with Crippen LogP contribution in [-0.2, 0) is 4.74 Å². The lowest BCUT2D eigenvalue weighted by molar-refractivity contribution is 0.0673. The second-order valence-electron chi connectivity index (χ2n) is 3.55. The summed E-state index contributed by atoms with van der Waals surface area (Å²) in [6.07, 6.45) is -0.231. The normalized spacial score (nSPS) is 11.9. The number of carboxylic acids is 1. The van der Waals surface area contributed by atoms with Gasteiger partial charge in [-0.2, -0.15) is 0 Å². The molecule has 1 aromatic rings. The van der Waals surface area contributed by atoms with E-state index in [4.69, 9.17) is 19.3 Å². The van der Waals surface area contributed by atoms with Crippen molar-refractivity contribution >= 4 is 5.97 Å². The molecule has 0 fully saturated rings. The van der Waals surface area contributed by atoms with Crippen LogP contribution >= 0.6 is 0 Å². The molecule has 0 aliphatic carbocycles. The quantitative estimate of drug-likeness (QED) is 0.821. The van der Waals surface area contributed by atoms with Crippen LogP contribution in [0.5, 0.6) is 11.5 Å². The number of methoxy groups -OCH3 is 2. The number of ether oxygens (including phenoxy) is 3. The average molecular weight is 240 g/mol. The maximum absolute atomic E-state index is 11.0. The number of hydrogen-bond acceptors (Lipinski definition) is 4. The lowest BCUT2D eigenvalue weighted by Crippen LogP contribution is -2.19. The summed E-state index contributed by atoms with van der Waals surface area (Å²) in [6.45, 7) is 2.19. The molecule has 1 N–H and O–H groups in total. The Morgan fingerprint density at radius 2 is 2.12 bits per heavy atom. The fraction of sp³-hybridized carbons (Fsp3) is 0.417. The van der Waals surface area contributed by atoms with Crippen molar-refractivity contribution in [3.05, 3.63) is 23.8 Å². The summed E-state index contributed by atoms with van der Waals surface area (Å²) in [6, 6.07) is 4.59. The van der Waals surface area contributed by atoms with Gasteiger partial charge in [0.05, 0.1) is 13.7 Å². The van der Waals surface area contributed by atoms with Crippen molar-refractivity contribution in [2.24, 2.45) is 0 Å². The number of aromatic carboxylic acids is 1. The van der Waals surface area contributed by atoms with E-state index in [-0.39, 0.29) is 17.4 Å². The monoisotopic (exact) mass is 240 g/mol. The molecule has 5 nitrogen and oxygen atoms in total. The summed E-state index contributed by atoms with van der Waals surface area (Å²) in [5.74, 6) is -0.205. The molecule has 0 bridgehead atoms. The van der Waals surface area contributed by atoms with E-state index in [0.29, 0.717) is 12.4 Å². The van der Waals surface area contributed by atoms with Crippen molar-refractivity contribution in [2.45, 2.75) is 13.0 Å². The lowest BCUT2D eigenvalue weighted by atomic mass is 10.2. The van der Waals surface area contributed by atoms with E-state index in [1.807, 2.05) is 0 Å². The fourth-order valence-corrected chi connectivity index (χ4v) is 1.39. The molecule has 5 heteroatoms. The van der Waals surface area contributed by atoms with Gasteiger partial charge in [-0.25, -0.2) is 4.79 Å². The van der Waals surface area contributed by atoms with Crippen LogP contribution in [0.2, 0.25) is 0 Å². The van der Waals surface area contributed by atoms with Crippen molar-refractivity contribution in [1.29, 1.82) is 0 Å². The summed E-state index contributed by atoms with van der Waals surface area (Å²) in [4.78, 5) is 11.0. The van der Waals surface area contributed by atoms with Gasteiger partial charge in [-0.3, -0.25) is 0 Å². The second kappa shape index (κ2) is 6.10. The zero-order valence-electron chi connectivity index (χ0n) is 10.1. The molecular weight excluding hydrogens is 224 g/mol. The molecule has 94 valence electrons. The van der Waals surface area contributed by atoms with Crippen LogP contribution in [0.4, 0.5) is 0 Å². The van der Waals surface area contributed by atoms with Gasteiger partial charge in [-0.05, 0) is 19.1 Å². The standard InChI is InChI=1S/C12H16O5/c1-8(7-15-2)17-11-6-9(16-3)4-5-10(11)12(13)14/h4-6,8H,7H2,1-3H3,(H,13,14). The van der Waals surface area contributed by atoms with Gasteiger partial charge in [0, 0.05) is 13.2 Å². The zero-order chi connectivity index (χ0) is 12.8. The first-order valence-electron chi connectivity index (χ1n) is 5.15. The second-order valence-corrected chi connectivity index (χ2v) is 3.55. The third-order valence-electron chi connectivity index (χ3n) is 2.15. The van der Waals surface area contributed by atoms with Gasteiger partial charge in [0.2, 0.25) is 0 Å². The van der Waals surface area contributed by atoms with Gasteiger partial charge in [0.15, 0.2) is 0 Å². The Hall–Kier alpha value is -1.75. The van der Waals surface area contributed by atoms with E-state index >= 15 is 0 Å². The summed E-state index contributed by atoms with van der Waals surface area (Å²) < 4.78 is 15.5. The highest BCUT2D eigenvalue weighted by atomic mass is 16.5. The molecule has 1 aromatic carbocycles. The SMILES string of the molecule is COCC(C)Oc1cc(OC)ccc1C(=O)O. The largest absolute Gasteiger partial charge is 0.497 e. The van der Waals surface area contributed by atoms with Gasteiger partial charge in [-0.1, -0.05) is 0 Å². The molecule has 0 aliphatic heterocycles. The zero-order valence-corrected chi connectivity index (χ0v) is 10.1. The van der Waals surface area contributed by atoms with Crippen LogP contribution in [0.15, 0.2) is 18.2 Å². The highest BCUT2D eigenvalue weighted by molar-refractivity contribution is 5.91. The molecule has 0 aliphatic rings. The molecule has 0 radical (unpaired) electrons. The first-order chi connectivity index (χ1) is 8.08. The maximum atomic E-state index is 11.0. The Morgan fingerprint density at radius 3 is 2.65 bits per heavy atom. The Balaban J connectivity index is 2.96. The third kappa shape index (κ3) is 3.64. The van der Waals surface area contributed by atoms with Crippen LogP contribution in [0.3, 0.4) is 0 Å². The van der Waals surface area contributed by atoms with Crippen LogP contribution in [-0.4, -0.2) is 38.0 Å². The van der Waals surface area contributed by atoms with Crippen LogP contribution in [0.1, 0.15) is 17.3 Å². The fourth-order valence-electron chi connectivity index (χ4n) is 1.39. The van der Waals surface area contributed by atoms with Gasteiger partial charge in [-0.15, -0.1) is 0 Å². The molecule has 1 rings (SSSR count). The number of hydrogen-bond donors (Lipinski definition) is 1. The minimum Gasteiger partial charge on any atom is -0.497 e. The maximum Gasteiger partial charge on any atom is 0.339 e. The smallest absolute Gasteiger partial charge is 0.339 e.